The van der Waals surface area contributed by atoms with Gasteiger partial charge >= 0.3 is 5.97 Å². The number of ether oxygens (including phenoxy) is 1. The molecule has 0 aromatic heterocycles. The smallest absolute Gasteiger partial charge is 0.323 e. The number of non-ortho nitro benzene ring substituents is 1. The van der Waals surface area contributed by atoms with Crippen LogP contribution in [0.25, 0.3) is 0 Å². The molecule has 3 rings (SSSR count). The van der Waals surface area contributed by atoms with E-state index >= 15 is 0 Å². The normalized spacial score (nSPS) is 28.8. The zero-order valence-corrected chi connectivity index (χ0v) is 13.0. The molecule has 0 saturated carbocycles. The van der Waals surface area contributed by atoms with Crippen LogP contribution < -0.4 is 5.32 Å². The minimum atomic E-state index is -0.929. The van der Waals surface area contributed by atoms with Crippen molar-refractivity contribution in [3.63, 3.8) is 0 Å². The van der Waals surface area contributed by atoms with Gasteiger partial charge in [0.2, 0.25) is 11.8 Å². The third kappa shape index (κ3) is 2.24. The quantitative estimate of drug-likeness (QED) is 0.358. The summed E-state index contributed by atoms with van der Waals surface area (Å²) in [5.74, 6) is -3.02. The van der Waals surface area contributed by atoms with Gasteiger partial charge in [-0.25, -0.2) is 0 Å². The summed E-state index contributed by atoms with van der Waals surface area (Å²) in [6.45, 7) is 0. The van der Waals surface area contributed by atoms with Crippen LogP contribution in [0.4, 0.5) is 5.69 Å². The molecule has 2 fully saturated rings. The second kappa shape index (κ2) is 5.68. The van der Waals surface area contributed by atoms with Crippen LogP contribution >= 0.6 is 0 Å². The Morgan fingerprint density at radius 1 is 1.21 bits per heavy atom. The van der Waals surface area contributed by atoms with E-state index in [1.54, 1.807) is 0 Å². The second-order valence-corrected chi connectivity index (χ2v) is 5.78. The predicted octanol–water partition coefficient (Wildman–Crippen LogP) is 0.0117. The summed E-state index contributed by atoms with van der Waals surface area (Å²) < 4.78 is 4.72. The van der Waals surface area contributed by atoms with Crippen molar-refractivity contribution in [2.24, 2.45) is 11.8 Å². The van der Waals surface area contributed by atoms with Gasteiger partial charge in [0.15, 0.2) is 0 Å². The van der Waals surface area contributed by atoms with Crippen LogP contribution in [0.15, 0.2) is 24.3 Å². The first-order valence-electron chi connectivity index (χ1n) is 7.26. The van der Waals surface area contributed by atoms with Crippen LogP contribution in [0.2, 0.25) is 0 Å². The minimum Gasteiger partial charge on any atom is -0.468 e. The Balaban J connectivity index is 1.99. The number of methoxy groups -OCH3 is 1. The number of nitrogens with one attached hydrogen (secondary N) is 1. The first-order chi connectivity index (χ1) is 11.4. The van der Waals surface area contributed by atoms with Crippen molar-refractivity contribution in [2.75, 3.05) is 14.2 Å². The Kier molecular flexibility index (Phi) is 3.80. The number of nitro groups is 1. The van der Waals surface area contributed by atoms with Gasteiger partial charge in [0.05, 0.1) is 23.9 Å². The fraction of sp³-hybridized carbons (Fsp3) is 0.400. The highest BCUT2D eigenvalue weighted by Gasteiger charge is 2.60. The van der Waals surface area contributed by atoms with Crippen molar-refractivity contribution in [3.8, 4) is 0 Å². The van der Waals surface area contributed by atoms with Crippen LogP contribution in [0.5, 0.6) is 0 Å². The Bertz CT molecular complexity index is 731. The van der Waals surface area contributed by atoms with Gasteiger partial charge in [-0.05, 0) is 5.56 Å². The van der Waals surface area contributed by atoms with Crippen LogP contribution in [-0.2, 0) is 19.1 Å². The number of carbonyl (C=O) groups is 3. The van der Waals surface area contributed by atoms with E-state index in [9.17, 15) is 24.5 Å². The molecule has 126 valence electrons. The summed E-state index contributed by atoms with van der Waals surface area (Å²) in [6, 6.07) is 4.15. The monoisotopic (exact) mass is 333 g/mol. The molecule has 0 radical (unpaired) electrons. The maximum atomic E-state index is 12.4. The van der Waals surface area contributed by atoms with Crippen molar-refractivity contribution in [2.45, 2.75) is 12.1 Å². The molecule has 1 N–H and O–H groups in total. The molecule has 2 aliphatic heterocycles. The highest BCUT2D eigenvalue weighted by atomic mass is 16.6. The van der Waals surface area contributed by atoms with Gasteiger partial charge in [-0.15, -0.1) is 0 Å². The molecular formula is C15H15N3O6. The zero-order chi connectivity index (χ0) is 17.6. The Hall–Kier alpha value is -2.81. The van der Waals surface area contributed by atoms with E-state index in [-0.39, 0.29) is 11.6 Å². The highest BCUT2D eigenvalue weighted by Crippen LogP contribution is 2.43. The van der Waals surface area contributed by atoms with Crippen molar-refractivity contribution in [3.05, 3.63) is 39.9 Å². The van der Waals surface area contributed by atoms with Crippen LogP contribution in [0, 0.1) is 22.0 Å². The summed E-state index contributed by atoms with van der Waals surface area (Å²) in [5, 5.41) is 13.7. The van der Waals surface area contributed by atoms with Crippen molar-refractivity contribution in [1.29, 1.82) is 0 Å². The molecule has 4 atom stereocenters. The average molecular weight is 333 g/mol. The summed E-state index contributed by atoms with van der Waals surface area (Å²) in [6.07, 6.45) is 0. The van der Waals surface area contributed by atoms with Crippen LogP contribution in [-0.4, -0.2) is 47.8 Å². The number of esters is 1. The van der Waals surface area contributed by atoms with Gasteiger partial charge in [0.25, 0.3) is 5.69 Å². The van der Waals surface area contributed by atoms with Crippen molar-refractivity contribution >= 4 is 23.5 Å². The molecule has 9 nitrogen and oxygen atoms in total. The lowest BCUT2D eigenvalue weighted by Gasteiger charge is -2.19. The summed E-state index contributed by atoms with van der Waals surface area (Å²) in [5.41, 5.74) is 0.516. The third-order valence-electron chi connectivity index (χ3n) is 4.61. The van der Waals surface area contributed by atoms with E-state index in [0.717, 1.165) is 4.90 Å². The van der Waals surface area contributed by atoms with Gasteiger partial charge in [-0.3, -0.25) is 34.7 Å². The molecule has 2 amide bonds. The van der Waals surface area contributed by atoms with Crippen molar-refractivity contribution in [1.82, 2.24) is 10.2 Å². The molecule has 24 heavy (non-hydrogen) atoms. The van der Waals surface area contributed by atoms with Crippen LogP contribution in [0.1, 0.15) is 11.6 Å². The average Bonchev–Trinajstić information content (AvgIpc) is 3.08. The van der Waals surface area contributed by atoms with E-state index in [4.69, 9.17) is 4.74 Å². The van der Waals surface area contributed by atoms with E-state index < -0.39 is 40.7 Å². The molecule has 2 aliphatic rings. The van der Waals surface area contributed by atoms with E-state index in [1.165, 1.54) is 38.4 Å². The van der Waals surface area contributed by atoms with Gasteiger partial charge in [0.1, 0.15) is 6.04 Å². The van der Waals surface area contributed by atoms with Gasteiger partial charge < -0.3 is 4.74 Å². The number of benzene rings is 1. The molecule has 1 aromatic rings. The Morgan fingerprint density at radius 3 is 2.33 bits per heavy atom. The zero-order valence-electron chi connectivity index (χ0n) is 13.0. The molecule has 9 heteroatoms. The third-order valence-corrected chi connectivity index (χ3v) is 4.61. The first kappa shape index (κ1) is 16.1. The lowest BCUT2D eigenvalue weighted by Crippen LogP contribution is -2.42. The first-order valence-corrected chi connectivity index (χ1v) is 7.26. The molecule has 1 aromatic carbocycles. The number of nitrogens with zero attached hydrogens (tertiary/aromatic N) is 2. The SMILES string of the molecule is COC(=O)[C@@H]1N[C@H](c2ccc([N+](=O)[O-])cc2)[C@@H]2C(=O)N(C)C(=O)[C@@H]21. The molecule has 0 bridgehead atoms. The van der Waals surface area contributed by atoms with Crippen LogP contribution in [0.3, 0.4) is 0 Å². The number of carbonyl (C=O) groups excluding carboxylic acids is 3. The molecule has 0 unspecified atom stereocenters. The number of nitro benzene ring substituents is 1. The topological polar surface area (TPSA) is 119 Å². The maximum Gasteiger partial charge on any atom is 0.323 e. The number of imide groups is 1. The van der Waals surface area contributed by atoms with E-state index in [2.05, 4.69) is 5.32 Å². The summed E-state index contributed by atoms with van der Waals surface area (Å²) >= 11 is 0. The van der Waals surface area contributed by atoms with Gasteiger partial charge in [-0.2, -0.15) is 0 Å². The number of hydrogen-bond acceptors (Lipinski definition) is 7. The maximum absolute atomic E-state index is 12.4. The standard InChI is InChI=1S/C15H15N3O6/c1-17-13(19)9-10(14(17)20)12(15(21)24-2)16-11(9)7-3-5-8(6-4-7)18(22)23/h3-6,9-12,16H,1-2H3/t9-,10+,11-,12-/m1/s1. The minimum absolute atomic E-state index is 0.0799. The molecule has 0 aliphatic carbocycles. The fourth-order valence-corrected chi connectivity index (χ4v) is 3.41. The number of likely N-dealkylation sites (tertiary alicyclic amines) is 1. The number of amides is 2. The lowest BCUT2D eigenvalue weighted by atomic mass is 9.86. The number of fused-ring (bicyclic) bond motifs is 1. The Morgan fingerprint density at radius 2 is 1.79 bits per heavy atom. The number of rotatable bonds is 3. The molecule has 2 saturated heterocycles. The summed E-state index contributed by atoms with van der Waals surface area (Å²) in [7, 11) is 2.59. The predicted molar refractivity (Wildman–Crippen MR) is 79.5 cm³/mol. The largest absolute Gasteiger partial charge is 0.468 e. The van der Waals surface area contributed by atoms with E-state index in [0.29, 0.717) is 5.56 Å². The van der Waals surface area contributed by atoms with Gasteiger partial charge in [0, 0.05) is 25.2 Å². The van der Waals surface area contributed by atoms with Gasteiger partial charge in [-0.1, -0.05) is 12.1 Å². The Labute approximate surface area is 136 Å². The molecular weight excluding hydrogens is 318 g/mol. The van der Waals surface area contributed by atoms with Crippen molar-refractivity contribution < 1.29 is 24.0 Å². The fourth-order valence-electron chi connectivity index (χ4n) is 3.41. The molecule has 2 heterocycles. The molecule has 0 spiro atoms. The number of hydrogen-bond donors (Lipinski definition) is 1. The summed E-state index contributed by atoms with van der Waals surface area (Å²) in [4.78, 5) is 48.0. The second-order valence-electron chi connectivity index (χ2n) is 5.78. The lowest BCUT2D eigenvalue weighted by molar-refractivity contribution is -0.384. The highest BCUT2D eigenvalue weighted by molar-refractivity contribution is 6.08. The van der Waals surface area contributed by atoms with E-state index in [1.807, 2.05) is 0 Å².